The molecule has 3 heteroatoms. The molecule has 0 amide bonds. The van der Waals surface area contributed by atoms with Crippen molar-refractivity contribution in [2.75, 3.05) is 0 Å². The van der Waals surface area contributed by atoms with Gasteiger partial charge in [-0.3, -0.25) is 0 Å². The first-order valence-corrected chi connectivity index (χ1v) is 7.92. The van der Waals surface area contributed by atoms with E-state index in [1.807, 2.05) is 0 Å². The zero-order chi connectivity index (χ0) is 13.6. The molecule has 1 atom stereocenters. The molecule has 3 rings (SSSR count). The Morgan fingerprint density at radius 2 is 2.11 bits per heavy atom. The van der Waals surface area contributed by atoms with E-state index in [-0.39, 0.29) is 0 Å². The maximum Gasteiger partial charge on any atom is 0.110 e. The lowest BCUT2D eigenvalue weighted by molar-refractivity contribution is 0.193. The highest BCUT2D eigenvalue weighted by Crippen LogP contribution is 2.46. The van der Waals surface area contributed by atoms with E-state index in [0.717, 1.165) is 15.5 Å². The first kappa shape index (κ1) is 13.2. The Hall–Kier alpha value is -0.830. The van der Waals surface area contributed by atoms with Gasteiger partial charge in [0.1, 0.15) is 5.82 Å². The number of halogens is 1. The van der Waals surface area contributed by atoms with Gasteiger partial charge in [0.2, 0.25) is 0 Å². The lowest BCUT2D eigenvalue weighted by atomic mass is 9.68. The van der Waals surface area contributed by atoms with E-state index in [4.69, 9.17) is 4.98 Å². The number of aromatic nitrogens is 2. The number of hydrogen-bond acceptors (Lipinski definition) is 1. The molecule has 0 bridgehead atoms. The number of imidazole rings is 1. The largest absolute Gasteiger partial charge is 0.342 e. The highest BCUT2D eigenvalue weighted by molar-refractivity contribution is 9.10. The lowest BCUT2D eigenvalue weighted by Gasteiger charge is -2.37. The molecule has 0 aliphatic heterocycles. The number of nitrogens with one attached hydrogen (secondary N) is 1. The minimum absolute atomic E-state index is 0.358. The fourth-order valence-electron chi connectivity index (χ4n) is 3.43. The van der Waals surface area contributed by atoms with Gasteiger partial charge >= 0.3 is 0 Å². The van der Waals surface area contributed by atoms with Gasteiger partial charge in [0.25, 0.3) is 0 Å². The van der Waals surface area contributed by atoms with E-state index < -0.39 is 0 Å². The van der Waals surface area contributed by atoms with Crippen molar-refractivity contribution in [2.45, 2.75) is 52.4 Å². The van der Waals surface area contributed by atoms with Crippen molar-refractivity contribution >= 4 is 27.0 Å². The van der Waals surface area contributed by atoms with Gasteiger partial charge in [-0.25, -0.2) is 4.98 Å². The molecule has 0 saturated heterocycles. The first-order chi connectivity index (χ1) is 8.97. The molecule has 1 aliphatic carbocycles. The number of aryl methyl sites for hydroxylation is 1. The molecular weight excluding hydrogens is 300 g/mol. The SMILES string of the molecule is Cc1cc(Br)cc2[nH]c(C3CCCCC3(C)C)nc12. The highest BCUT2D eigenvalue weighted by atomic mass is 79.9. The third-order valence-electron chi connectivity index (χ3n) is 4.60. The van der Waals surface area contributed by atoms with Crippen LogP contribution in [0.4, 0.5) is 0 Å². The monoisotopic (exact) mass is 320 g/mol. The third kappa shape index (κ3) is 2.33. The summed E-state index contributed by atoms with van der Waals surface area (Å²) in [6.45, 7) is 6.89. The number of nitrogens with zero attached hydrogens (tertiary/aromatic N) is 1. The fourth-order valence-corrected chi connectivity index (χ4v) is 4.00. The number of fused-ring (bicyclic) bond motifs is 1. The van der Waals surface area contributed by atoms with Gasteiger partial charge in [-0.15, -0.1) is 0 Å². The van der Waals surface area contributed by atoms with Crippen molar-refractivity contribution in [3.8, 4) is 0 Å². The molecule has 1 unspecified atom stereocenters. The van der Waals surface area contributed by atoms with Gasteiger partial charge < -0.3 is 4.98 Å². The van der Waals surface area contributed by atoms with Gasteiger partial charge in [-0.05, 0) is 42.9 Å². The molecule has 19 heavy (non-hydrogen) atoms. The van der Waals surface area contributed by atoms with Crippen LogP contribution in [0.15, 0.2) is 16.6 Å². The van der Waals surface area contributed by atoms with Crippen LogP contribution in [0.3, 0.4) is 0 Å². The molecule has 2 aromatic rings. The Kier molecular flexibility index (Phi) is 3.20. The second-order valence-corrected chi connectivity index (χ2v) is 7.44. The van der Waals surface area contributed by atoms with Crippen LogP contribution in [0.2, 0.25) is 0 Å². The maximum absolute atomic E-state index is 4.90. The Bertz CT molecular complexity index is 612. The molecular formula is C16H21BrN2. The van der Waals surface area contributed by atoms with Crippen molar-refractivity contribution in [1.82, 2.24) is 9.97 Å². The molecule has 1 N–H and O–H groups in total. The second-order valence-electron chi connectivity index (χ2n) is 6.53. The number of rotatable bonds is 1. The van der Waals surface area contributed by atoms with Crippen LogP contribution in [0, 0.1) is 12.3 Å². The predicted octanol–water partition coefficient (Wildman–Crippen LogP) is 5.32. The summed E-state index contributed by atoms with van der Waals surface area (Å²) in [4.78, 5) is 8.46. The van der Waals surface area contributed by atoms with Crippen LogP contribution < -0.4 is 0 Å². The average molecular weight is 321 g/mol. The number of aromatic amines is 1. The topological polar surface area (TPSA) is 28.7 Å². The fraction of sp³-hybridized carbons (Fsp3) is 0.562. The van der Waals surface area contributed by atoms with E-state index in [2.05, 4.69) is 53.8 Å². The van der Waals surface area contributed by atoms with Crippen LogP contribution in [0.25, 0.3) is 11.0 Å². The minimum Gasteiger partial charge on any atom is -0.342 e. The Morgan fingerprint density at radius 1 is 1.32 bits per heavy atom. The highest BCUT2D eigenvalue weighted by Gasteiger charge is 2.35. The smallest absolute Gasteiger partial charge is 0.110 e. The van der Waals surface area contributed by atoms with Crippen LogP contribution in [-0.2, 0) is 0 Å². The molecule has 1 aromatic carbocycles. The second kappa shape index (κ2) is 4.62. The van der Waals surface area contributed by atoms with Gasteiger partial charge in [0.05, 0.1) is 11.0 Å². The average Bonchev–Trinajstić information content (AvgIpc) is 2.72. The number of H-pyrrole nitrogens is 1. The zero-order valence-electron chi connectivity index (χ0n) is 11.9. The predicted molar refractivity (Wildman–Crippen MR) is 83.5 cm³/mol. The lowest BCUT2D eigenvalue weighted by Crippen LogP contribution is -2.26. The molecule has 1 fully saturated rings. The van der Waals surface area contributed by atoms with Crippen LogP contribution in [-0.4, -0.2) is 9.97 Å². The summed E-state index contributed by atoms with van der Waals surface area (Å²) in [6, 6.07) is 4.27. The van der Waals surface area contributed by atoms with E-state index >= 15 is 0 Å². The van der Waals surface area contributed by atoms with Gasteiger partial charge in [-0.2, -0.15) is 0 Å². The van der Waals surface area contributed by atoms with E-state index in [1.165, 1.54) is 37.1 Å². The summed E-state index contributed by atoms with van der Waals surface area (Å²) in [7, 11) is 0. The minimum atomic E-state index is 0.358. The van der Waals surface area contributed by atoms with Crippen molar-refractivity contribution in [3.63, 3.8) is 0 Å². The van der Waals surface area contributed by atoms with Crippen molar-refractivity contribution < 1.29 is 0 Å². The number of hydrogen-bond donors (Lipinski definition) is 1. The van der Waals surface area contributed by atoms with Gasteiger partial charge in [-0.1, -0.05) is 42.6 Å². The molecule has 2 nitrogen and oxygen atoms in total. The molecule has 1 aromatic heterocycles. The zero-order valence-corrected chi connectivity index (χ0v) is 13.5. The Morgan fingerprint density at radius 3 is 2.84 bits per heavy atom. The first-order valence-electron chi connectivity index (χ1n) is 7.13. The molecule has 1 aliphatic rings. The molecule has 1 saturated carbocycles. The summed E-state index contributed by atoms with van der Waals surface area (Å²) >= 11 is 3.56. The third-order valence-corrected chi connectivity index (χ3v) is 5.06. The Labute approximate surface area is 123 Å². The summed E-state index contributed by atoms with van der Waals surface area (Å²) in [5.41, 5.74) is 3.88. The number of benzene rings is 1. The molecule has 0 spiro atoms. The summed E-state index contributed by atoms with van der Waals surface area (Å²) in [6.07, 6.45) is 5.24. The molecule has 102 valence electrons. The Balaban J connectivity index is 2.08. The quantitative estimate of drug-likeness (QED) is 0.757. The van der Waals surface area contributed by atoms with E-state index in [1.54, 1.807) is 0 Å². The van der Waals surface area contributed by atoms with Crippen molar-refractivity contribution in [2.24, 2.45) is 5.41 Å². The van der Waals surface area contributed by atoms with Crippen LogP contribution >= 0.6 is 15.9 Å². The van der Waals surface area contributed by atoms with Gasteiger partial charge in [0.15, 0.2) is 0 Å². The van der Waals surface area contributed by atoms with Crippen molar-refractivity contribution in [3.05, 3.63) is 28.0 Å². The molecule has 0 radical (unpaired) electrons. The maximum atomic E-state index is 4.90. The van der Waals surface area contributed by atoms with Gasteiger partial charge in [0, 0.05) is 10.4 Å². The normalized spacial score (nSPS) is 22.8. The van der Waals surface area contributed by atoms with Crippen molar-refractivity contribution in [1.29, 1.82) is 0 Å². The van der Waals surface area contributed by atoms with Crippen LogP contribution in [0.1, 0.15) is 56.8 Å². The summed E-state index contributed by atoms with van der Waals surface area (Å²) in [5.74, 6) is 1.74. The summed E-state index contributed by atoms with van der Waals surface area (Å²) in [5, 5.41) is 0. The van der Waals surface area contributed by atoms with Crippen LogP contribution in [0.5, 0.6) is 0 Å². The standard InChI is InChI=1S/C16H21BrN2/c1-10-8-11(17)9-13-14(10)19-15(18-13)12-6-4-5-7-16(12,2)3/h8-9,12H,4-7H2,1-3H3,(H,18,19). The van der Waals surface area contributed by atoms with E-state index in [9.17, 15) is 0 Å². The summed E-state index contributed by atoms with van der Waals surface area (Å²) < 4.78 is 1.12. The van der Waals surface area contributed by atoms with E-state index in [0.29, 0.717) is 11.3 Å². The molecule has 1 heterocycles.